The van der Waals surface area contributed by atoms with Gasteiger partial charge in [-0.15, -0.1) is 0 Å². The summed E-state index contributed by atoms with van der Waals surface area (Å²) in [6.07, 6.45) is 4.15. The summed E-state index contributed by atoms with van der Waals surface area (Å²) in [6.45, 7) is 0.156. The van der Waals surface area contributed by atoms with Crippen LogP contribution in [0.15, 0.2) is 83.9 Å². The lowest BCUT2D eigenvalue weighted by molar-refractivity contribution is -0.135. The molecule has 3 aromatic rings. The van der Waals surface area contributed by atoms with Gasteiger partial charge in [-0.3, -0.25) is 14.6 Å². The van der Waals surface area contributed by atoms with E-state index in [0.29, 0.717) is 17.2 Å². The maximum atomic E-state index is 15.1. The lowest BCUT2D eigenvalue weighted by Gasteiger charge is -2.23. The average Bonchev–Trinajstić information content (AvgIpc) is 3.18. The number of methoxy groups -OCH3 is 2. The first kappa shape index (κ1) is 24.4. The van der Waals surface area contributed by atoms with Gasteiger partial charge in [0.25, 0.3) is 5.91 Å². The van der Waals surface area contributed by atoms with E-state index in [0.717, 1.165) is 10.6 Å². The van der Waals surface area contributed by atoms with E-state index in [1.54, 1.807) is 48.8 Å². The van der Waals surface area contributed by atoms with Crippen LogP contribution in [-0.2, 0) is 16.1 Å². The fraction of sp³-hybridized carbons (Fsp3) is 0.154. The fourth-order valence-corrected chi connectivity index (χ4v) is 3.72. The normalized spacial score (nSPS) is 14.1. The van der Waals surface area contributed by atoms with Gasteiger partial charge in [-0.2, -0.15) is 10.1 Å². The molecule has 2 aromatic carbocycles. The summed E-state index contributed by atoms with van der Waals surface area (Å²) >= 11 is 0. The van der Waals surface area contributed by atoms with Gasteiger partial charge in [-0.25, -0.2) is 4.39 Å². The number of para-hydroxylation sites is 2. The van der Waals surface area contributed by atoms with E-state index in [9.17, 15) is 14.7 Å². The van der Waals surface area contributed by atoms with Crippen LogP contribution in [0.25, 0.3) is 0 Å². The molecule has 0 spiro atoms. The maximum absolute atomic E-state index is 15.1. The Bertz CT molecular complexity index is 1340. The molecule has 0 unspecified atom stereocenters. The zero-order valence-corrected chi connectivity index (χ0v) is 19.6. The second-order valence-electron chi connectivity index (χ2n) is 7.76. The minimum Gasteiger partial charge on any atom is -0.497 e. The zero-order chi connectivity index (χ0) is 25.7. The van der Waals surface area contributed by atoms with Crippen LogP contribution in [0.1, 0.15) is 12.0 Å². The lowest BCUT2D eigenvalue weighted by atomic mass is 10.1. The number of carbonyl (C=O) groups excluding carboxylic acids is 1. The number of carboxylic acids is 1. The molecule has 0 bridgehead atoms. The molecule has 0 fully saturated rings. The summed E-state index contributed by atoms with van der Waals surface area (Å²) < 4.78 is 25.6. The number of amides is 1. The van der Waals surface area contributed by atoms with Crippen LogP contribution in [0.4, 0.5) is 15.8 Å². The predicted octanol–water partition coefficient (Wildman–Crippen LogP) is 4.01. The molecule has 10 heteroatoms. The lowest BCUT2D eigenvalue weighted by Crippen LogP contribution is -2.25. The summed E-state index contributed by atoms with van der Waals surface area (Å²) in [5.41, 5.74) is 1.30. The van der Waals surface area contributed by atoms with Crippen LogP contribution < -0.4 is 19.4 Å². The van der Waals surface area contributed by atoms with E-state index in [1.165, 1.54) is 37.5 Å². The van der Waals surface area contributed by atoms with Gasteiger partial charge < -0.3 is 19.5 Å². The molecule has 1 aromatic heterocycles. The Morgan fingerprint density at radius 2 is 1.94 bits per heavy atom. The van der Waals surface area contributed by atoms with E-state index >= 15 is 4.39 Å². The van der Waals surface area contributed by atoms with Crippen molar-refractivity contribution in [1.29, 1.82) is 0 Å². The number of hydrazone groups is 1. The Morgan fingerprint density at radius 3 is 2.61 bits per heavy atom. The summed E-state index contributed by atoms with van der Waals surface area (Å²) in [4.78, 5) is 30.7. The Labute approximate surface area is 206 Å². The molecule has 36 heavy (non-hydrogen) atoms. The SMILES string of the molecule is COc1ccc(N(/C=C2/C(=O)N(c3ccccc3OC)N=C2CC(=O)O)Cc2cccnc2)c(F)c1. The van der Waals surface area contributed by atoms with Gasteiger partial charge in [0.05, 0.1) is 37.6 Å². The Hall–Kier alpha value is -4.73. The number of aliphatic carboxylic acids is 1. The van der Waals surface area contributed by atoms with E-state index in [2.05, 4.69) is 10.1 Å². The van der Waals surface area contributed by atoms with Crippen molar-refractivity contribution in [2.24, 2.45) is 5.10 Å². The van der Waals surface area contributed by atoms with Crippen molar-refractivity contribution in [3.8, 4) is 11.5 Å². The first-order valence-electron chi connectivity index (χ1n) is 10.9. The number of rotatable bonds is 9. The minimum absolute atomic E-state index is 0.0161. The molecule has 0 atom stereocenters. The minimum atomic E-state index is -1.16. The fourth-order valence-electron chi connectivity index (χ4n) is 3.72. The number of aromatic nitrogens is 1. The molecule has 1 aliphatic rings. The molecular formula is C26H23FN4O5. The van der Waals surface area contributed by atoms with Crippen LogP contribution in [-0.4, -0.2) is 41.9 Å². The van der Waals surface area contributed by atoms with Crippen molar-refractivity contribution >= 4 is 29.0 Å². The molecule has 1 aliphatic heterocycles. The Kier molecular flexibility index (Phi) is 7.24. The molecule has 4 rings (SSSR count). The second-order valence-corrected chi connectivity index (χ2v) is 7.76. The van der Waals surface area contributed by atoms with Gasteiger partial charge in [0.15, 0.2) is 5.82 Å². The van der Waals surface area contributed by atoms with Crippen molar-refractivity contribution in [3.63, 3.8) is 0 Å². The summed E-state index contributed by atoms with van der Waals surface area (Å²) in [7, 11) is 2.89. The predicted molar refractivity (Wildman–Crippen MR) is 132 cm³/mol. The van der Waals surface area contributed by atoms with Crippen LogP contribution in [0.3, 0.4) is 0 Å². The van der Waals surface area contributed by atoms with Crippen molar-refractivity contribution in [2.75, 3.05) is 24.1 Å². The molecule has 1 amide bonds. The number of hydrogen-bond acceptors (Lipinski definition) is 7. The van der Waals surface area contributed by atoms with Crippen molar-refractivity contribution in [2.45, 2.75) is 13.0 Å². The summed E-state index contributed by atoms with van der Waals surface area (Å²) in [5, 5.41) is 14.8. The topological polar surface area (TPSA) is 105 Å². The third-order valence-electron chi connectivity index (χ3n) is 5.41. The number of carbonyl (C=O) groups is 2. The molecule has 184 valence electrons. The monoisotopic (exact) mass is 490 g/mol. The van der Waals surface area contributed by atoms with Gasteiger partial charge in [0, 0.05) is 31.2 Å². The molecule has 2 heterocycles. The number of anilines is 2. The van der Waals surface area contributed by atoms with Gasteiger partial charge in [-0.05, 0) is 35.9 Å². The van der Waals surface area contributed by atoms with Crippen molar-refractivity contribution < 1.29 is 28.6 Å². The van der Waals surface area contributed by atoms with Crippen LogP contribution in [0.5, 0.6) is 11.5 Å². The van der Waals surface area contributed by atoms with Crippen LogP contribution in [0.2, 0.25) is 0 Å². The maximum Gasteiger partial charge on any atom is 0.309 e. The highest BCUT2D eigenvalue weighted by molar-refractivity contribution is 6.33. The van der Waals surface area contributed by atoms with Crippen molar-refractivity contribution in [3.05, 3.63) is 90.1 Å². The van der Waals surface area contributed by atoms with E-state index < -0.39 is 24.1 Å². The third kappa shape index (κ3) is 5.17. The van der Waals surface area contributed by atoms with Gasteiger partial charge in [0.2, 0.25) is 0 Å². The highest BCUT2D eigenvalue weighted by atomic mass is 19.1. The number of benzene rings is 2. The molecule has 0 saturated heterocycles. The molecule has 0 aliphatic carbocycles. The third-order valence-corrected chi connectivity index (χ3v) is 5.41. The standard InChI is InChI=1S/C26H23FN4O5/c1-35-18-9-10-22(20(27)12-18)30(15-17-6-5-11-28-14-17)16-19-21(13-25(32)33)29-31(26(19)34)23-7-3-4-8-24(23)36-2/h3-12,14,16H,13,15H2,1-2H3,(H,32,33)/b19-16+. The Morgan fingerprint density at radius 1 is 1.14 bits per heavy atom. The smallest absolute Gasteiger partial charge is 0.309 e. The van der Waals surface area contributed by atoms with E-state index in [1.807, 2.05) is 6.07 Å². The molecule has 0 radical (unpaired) electrons. The van der Waals surface area contributed by atoms with Crippen LogP contribution in [0, 0.1) is 5.82 Å². The number of pyridine rings is 1. The summed E-state index contributed by atoms with van der Waals surface area (Å²) in [5.74, 6) is -1.60. The number of carboxylic acid groups (broad SMARTS) is 1. The first-order valence-corrected chi connectivity index (χ1v) is 10.9. The highest BCUT2D eigenvalue weighted by Gasteiger charge is 2.34. The quantitative estimate of drug-likeness (QED) is 0.452. The Balaban J connectivity index is 1.81. The van der Waals surface area contributed by atoms with Crippen LogP contribution >= 0.6 is 0 Å². The summed E-state index contributed by atoms with van der Waals surface area (Å²) in [6, 6.07) is 14.6. The number of halogens is 1. The van der Waals surface area contributed by atoms with Gasteiger partial charge in [-0.1, -0.05) is 18.2 Å². The number of ether oxygens (including phenoxy) is 2. The van der Waals surface area contributed by atoms with E-state index in [-0.39, 0.29) is 23.5 Å². The zero-order valence-electron chi connectivity index (χ0n) is 19.6. The first-order chi connectivity index (χ1) is 17.4. The van der Waals surface area contributed by atoms with Gasteiger partial charge >= 0.3 is 5.97 Å². The average molecular weight is 490 g/mol. The number of hydrogen-bond donors (Lipinski definition) is 1. The molecule has 0 saturated carbocycles. The van der Waals surface area contributed by atoms with Crippen molar-refractivity contribution in [1.82, 2.24) is 4.98 Å². The van der Waals surface area contributed by atoms with E-state index in [4.69, 9.17) is 9.47 Å². The molecular weight excluding hydrogens is 467 g/mol. The largest absolute Gasteiger partial charge is 0.497 e. The second kappa shape index (κ2) is 10.7. The highest BCUT2D eigenvalue weighted by Crippen LogP contribution is 2.34. The van der Waals surface area contributed by atoms with Gasteiger partial charge in [0.1, 0.15) is 17.2 Å². The molecule has 9 nitrogen and oxygen atoms in total. The molecule has 1 N–H and O–H groups in total. The number of nitrogens with zero attached hydrogens (tertiary/aromatic N) is 4.